The van der Waals surface area contributed by atoms with Gasteiger partial charge in [0.2, 0.25) is 5.91 Å². The first-order valence-electron chi connectivity index (χ1n) is 5.94. The highest BCUT2D eigenvalue weighted by atomic mass is 32.2. The minimum Gasteiger partial charge on any atom is -0.459 e. The van der Waals surface area contributed by atoms with E-state index in [4.69, 9.17) is 4.42 Å². The molecule has 2 rings (SSSR count). The van der Waals surface area contributed by atoms with Gasteiger partial charge in [0.25, 0.3) is 5.91 Å². The summed E-state index contributed by atoms with van der Waals surface area (Å²) < 4.78 is 5.08. The third-order valence-corrected chi connectivity index (χ3v) is 3.74. The number of carbonyl (C=O) groups excluding carboxylic acids is 2. The van der Waals surface area contributed by atoms with Gasteiger partial charge >= 0.3 is 0 Å². The molecule has 1 fully saturated rings. The molecule has 1 saturated heterocycles. The molecule has 5 nitrogen and oxygen atoms in total. The Morgan fingerprint density at radius 3 is 3.11 bits per heavy atom. The third-order valence-electron chi connectivity index (χ3n) is 2.73. The lowest BCUT2D eigenvalue weighted by atomic mass is 10.2. The van der Waals surface area contributed by atoms with Crippen molar-refractivity contribution < 1.29 is 14.0 Å². The molecule has 1 atom stereocenters. The first-order chi connectivity index (χ1) is 8.74. The fraction of sp³-hybridized carbons (Fsp3) is 0.500. The van der Waals surface area contributed by atoms with Crippen molar-refractivity contribution in [3.8, 4) is 0 Å². The SMILES string of the molecule is CCCNC(=O)C1CSCN1C(=O)c1ccco1. The van der Waals surface area contributed by atoms with Gasteiger partial charge in [-0.15, -0.1) is 11.8 Å². The second kappa shape index (κ2) is 5.95. The van der Waals surface area contributed by atoms with Crippen molar-refractivity contribution in [2.24, 2.45) is 0 Å². The Morgan fingerprint density at radius 2 is 2.44 bits per heavy atom. The Labute approximate surface area is 110 Å². The van der Waals surface area contributed by atoms with Crippen LogP contribution in [0.5, 0.6) is 0 Å². The van der Waals surface area contributed by atoms with Crippen LogP contribution < -0.4 is 5.32 Å². The predicted molar refractivity (Wildman–Crippen MR) is 69.3 cm³/mol. The smallest absolute Gasteiger partial charge is 0.290 e. The van der Waals surface area contributed by atoms with Gasteiger partial charge in [-0.1, -0.05) is 6.92 Å². The molecule has 1 aliphatic rings. The van der Waals surface area contributed by atoms with E-state index in [1.54, 1.807) is 28.8 Å². The highest BCUT2D eigenvalue weighted by Gasteiger charge is 2.35. The summed E-state index contributed by atoms with van der Waals surface area (Å²) in [6.07, 6.45) is 2.35. The van der Waals surface area contributed by atoms with Crippen molar-refractivity contribution in [1.29, 1.82) is 0 Å². The third kappa shape index (κ3) is 2.69. The summed E-state index contributed by atoms with van der Waals surface area (Å²) in [5.41, 5.74) is 0. The number of hydrogen-bond donors (Lipinski definition) is 1. The lowest BCUT2D eigenvalue weighted by Crippen LogP contribution is -2.47. The average molecular weight is 268 g/mol. The number of thioether (sulfide) groups is 1. The molecule has 1 aromatic rings. The van der Waals surface area contributed by atoms with Crippen molar-refractivity contribution >= 4 is 23.6 Å². The molecular weight excluding hydrogens is 252 g/mol. The van der Waals surface area contributed by atoms with E-state index < -0.39 is 0 Å². The molecule has 2 amide bonds. The fourth-order valence-electron chi connectivity index (χ4n) is 1.77. The standard InChI is InChI=1S/C12H16N2O3S/c1-2-5-13-11(15)9-7-18-8-14(9)12(16)10-4-3-6-17-10/h3-4,6,9H,2,5,7-8H2,1H3,(H,13,15). The number of amides is 2. The fourth-order valence-corrected chi connectivity index (χ4v) is 2.92. The summed E-state index contributed by atoms with van der Waals surface area (Å²) >= 11 is 1.58. The van der Waals surface area contributed by atoms with Crippen LogP contribution in [0.1, 0.15) is 23.9 Å². The van der Waals surface area contributed by atoms with Crippen LogP contribution in [0, 0.1) is 0 Å². The molecule has 1 aliphatic heterocycles. The number of nitrogens with zero attached hydrogens (tertiary/aromatic N) is 1. The number of furan rings is 1. The second-order valence-electron chi connectivity index (χ2n) is 4.06. The van der Waals surface area contributed by atoms with Crippen molar-refractivity contribution in [3.05, 3.63) is 24.2 Å². The van der Waals surface area contributed by atoms with Gasteiger partial charge in [0.05, 0.1) is 12.1 Å². The molecule has 98 valence electrons. The molecule has 0 saturated carbocycles. The molecule has 2 heterocycles. The van der Waals surface area contributed by atoms with E-state index in [1.165, 1.54) is 6.26 Å². The molecular formula is C12H16N2O3S. The van der Waals surface area contributed by atoms with Gasteiger partial charge in [0, 0.05) is 12.3 Å². The van der Waals surface area contributed by atoms with E-state index in [9.17, 15) is 9.59 Å². The number of hydrogen-bond acceptors (Lipinski definition) is 4. The van der Waals surface area contributed by atoms with E-state index in [-0.39, 0.29) is 23.6 Å². The summed E-state index contributed by atoms with van der Waals surface area (Å²) in [6, 6.07) is 2.90. The quantitative estimate of drug-likeness (QED) is 0.894. The lowest BCUT2D eigenvalue weighted by molar-refractivity contribution is -0.124. The van der Waals surface area contributed by atoms with Gasteiger partial charge in [-0.05, 0) is 18.6 Å². The van der Waals surface area contributed by atoms with E-state index in [0.717, 1.165) is 6.42 Å². The predicted octanol–water partition coefficient (Wildman–Crippen LogP) is 1.32. The van der Waals surface area contributed by atoms with Crippen LogP contribution in [0.4, 0.5) is 0 Å². The van der Waals surface area contributed by atoms with Gasteiger partial charge in [-0.3, -0.25) is 9.59 Å². The monoisotopic (exact) mass is 268 g/mol. The molecule has 1 aromatic heterocycles. The van der Waals surface area contributed by atoms with Gasteiger partial charge in [0.15, 0.2) is 5.76 Å². The van der Waals surface area contributed by atoms with Gasteiger partial charge < -0.3 is 14.6 Å². The maximum absolute atomic E-state index is 12.1. The molecule has 18 heavy (non-hydrogen) atoms. The summed E-state index contributed by atoms with van der Waals surface area (Å²) in [7, 11) is 0. The molecule has 0 aliphatic carbocycles. The Morgan fingerprint density at radius 1 is 1.61 bits per heavy atom. The van der Waals surface area contributed by atoms with Crippen LogP contribution in [0.2, 0.25) is 0 Å². The summed E-state index contributed by atoms with van der Waals surface area (Å²) in [5.74, 6) is 1.15. The Kier molecular flexibility index (Phi) is 4.30. The zero-order chi connectivity index (χ0) is 13.0. The topological polar surface area (TPSA) is 62.6 Å². The van der Waals surface area contributed by atoms with Crippen LogP contribution >= 0.6 is 11.8 Å². The van der Waals surface area contributed by atoms with Crippen molar-refractivity contribution in [3.63, 3.8) is 0 Å². The van der Waals surface area contributed by atoms with E-state index in [1.807, 2.05) is 6.92 Å². The van der Waals surface area contributed by atoms with E-state index >= 15 is 0 Å². The minimum absolute atomic E-state index is 0.0817. The first-order valence-corrected chi connectivity index (χ1v) is 7.09. The Hall–Kier alpha value is -1.43. The normalized spacial score (nSPS) is 18.9. The van der Waals surface area contributed by atoms with Crippen LogP contribution in [-0.4, -0.2) is 40.9 Å². The molecule has 0 radical (unpaired) electrons. The van der Waals surface area contributed by atoms with Gasteiger partial charge in [0.1, 0.15) is 6.04 Å². The molecule has 0 spiro atoms. The highest BCUT2D eigenvalue weighted by molar-refractivity contribution is 7.99. The van der Waals surface area contributed by atoms with Crippen LogP contribution in [0.25, 0.3) is 0 Å². The van der Waals surface area contributed by atoms with Crippen molar-refractivity contribution in [2.75, 3.05) is 18.2 Å². The van der Waals surface area contributed by atoms with E-state index in [2.05, 4.69) is 5.32 Å². The largest absolute Gasteiger partial charge is 0.459 e. The molecule has 0 aromatic carbocycles. The van der Waals surface area contributed by atoms with Crippen LogP contribution in [-0.2, 0) is 4.79 Å². The van der Waals surface area contributed by atoms with Crippen LogP contribution in [0.15, 0.2) is 22.8 Å². The molecule has 6 heteroatoms. The van der Waals surface area contributed by atoms with Crippen molar-refractivity contribution in [2.45, 2.75) is 19.4 Å². The first kappa shape index (κ1) is 13.0. The number of rotatable bonds is 4. The number of carbonyl (C=O) groups is 2. The molecule has 1 N–H and O–H groups in total. The minimum atomic E-state index is -0.390. The summed E-state index contributed by atoms with van der Waals surface area (Å²) in [6.45, 7) is 2.64. The van der Waals surface area contributed by atoms with Gasteiger partial charge in [-0.25, -0.2) is 0 Å². The Bertz CT molecular complexity index is 419. The zero-order valence-electron chi connectivity index (χ0n) is 10.2. The number of nitrogens with one attached hydrogen (secondary N) is 1. The Balaban J connectivity index is 2.03. The maximum atomic E-state index is 12.1. The highest BCUT2D eigenvalue weighted by Crippen LogP contribution is 2.23. The van der Waals surface area contributed by atoms with Crippen LogP contribution in [0.3, 0.4) is 0 Å². The van der Waals surface area contributed by atoms with Gasteiger partial charge in [-0.2, -0.15) is 0 Å². The van der Waals surface area contributed by atoms with Crippen molar-refractivity contribution in [1.82, 2.24) is 10.2 Å². The second-order valence-corrected chi connectivity index (χ2v) is 5.06. The van der Waals surface area contributed by atoms with E-state index in [0.29, 0.717) is 18.2 Å². The maximum Gasteiger partial charge on any atom is 0.290 e. The summed E-state index contributed by atoms with van der Waals surface area (Å²) in [5, 5.41) is 2.83. The average Bonchev–Trinajstić information content (AvgIpc) is 3.04. The summed E-state index contributed by atoms with van der Waals surface area (Å²) in [4.78, 5) is 25.6. The lowest BCUT2D eigenvalue weighted by Gasteiger charge is -2.21. The zero-order valence-corrected chi connectivity index (χ0v) is 11.0. The molecule has 0 bridgehead atoms. The molecule has 1 unspecified atom stereocenters.